The molecule has 2 aliphatic heterocycles. The highest BCUT2D eigenvalue weighted by Gasteiger charge is 2.39. The lowest BCUT2D eigenvalue weighted by Crippen LogP contribution is -2.50. The molecule has 0 radical (unpaired) electrons. The van der Waals surface area contributed by atoms with Gasteiger partial charge in [-0.05, 0) is 107 Å². The maximum Gasteiger partial charge on any atom is 0.0511 e. The van der Waals surface area contributed by atoms with Gasteiger partial charge in [0.05, 0.1) is 5.71 Å². The van der Waals surface area contributed by atoms with E-state index in [1.54, 1.807) is 6.20 Å². The minimum Gasteiger partial charge on any atom is -0.311 e. The summed E-state index contributed by atoms with van der Waals surface area (Å²) in [5.41, 5.74) is 8.51. The number of rotatable bonds is 10. The van der Waals surface area contributed by atoms with Gasteiger partial charge >= 0.3 is 0 Å². The predicted octanol–water partition coefficient (Wildman–Crippen LogP) is 9.65. The van der Waals surface area contributed by atoms with E-state index < -0.39 is 0 Å². The van der Waals surface area contributed by atoms with E-state index in [1.807, 2.05) is 13.8 Å². The number of nitrogens with zero attached hydrogens (tertiary/aromatic N) is 2. The van der Waals surface area contributed by atoms with Gasteiger partial charge in [-0.2, -0.15) is 0 Å². The highest BCUT2D eigenvalue weighted by Crippen LogP contribution is 2.38. The molecule has 1 N–H and O–H groups in total. The Bertz CT molecular complexity index is 1230. The molecule has 3 nitrogen and oxygen atoms in total. The number of nitrogens with one attached hydrogen (secondary N) is 1. The van der Waals surface area contributed by atoms with Crippen molar-refractivity contribution in [2.75, 3.05) is 7.05 Å². The summed E-state index contributed by atoms with van der Waals surface area (Å²) in [6.07, 6.45) is 13.2. The van der Waals surface area contributed by atoms with Crippen LogP contribution in [0.2, 0.25) is 0 Å². The van der Waals surface area contributed by atoms with E-state index in [-0.39, 0.29) is 0 Å². The van der Waals surface area contributed by atoms with Crippen LogP contribution < -0.4 is 5.32 Å². The fourth-order valence-electron chi connectivity index (χ4n) is 7.91. The van der Waals surface area contributed by atoms with Gasteiger partial charge in [0.15, 0.2) is 0 Å². The van der Waals surface area contributed by atoms with Crippen LogP contribution >= 0.6 is 0 Å². The summed E-state index contributed by atoms with van der Waals surface area (Å²) >= 11 is 0. The lowest BCUT2D eigenvalue weighted by Gasteiger charge is -2.40. The van der Waals surface area contributed by atoms with Crippen LogP contribution in [0.1, 0.15) is 103 Å². The van der Waals surface area contributed by atoms with E-state index in [2.05, 4.69) is 106 Å². The van der Waals surface area contributed by atoms with E-state index in [0.29, 0.717) is 23.9 Å². The molecule has 2 heterocycles. The molecule has 2 saturated heterocycles. The van der Waals surface area contributed by atoms with Gasteiger partial charge in [-0.15, -0.1) is 0 Å². The molecule has 1 aliphatic carbocycles. The zero-order chi connectivity index (χ0) is 30.9. The summed E-state index contributed by atoms with van der Waals surface area (Å²) in [6, 6.07) is 22.6. The Hall–Kier alpha value is -2.75. The molecule has 3 aliphatic rings. The second-order valence-corrected chi connectivity index (χ2v) is 13.2. The monoisotopic (exact) mass is 579 g/mol. The molecule has 2 bridgehead atoms. The quantitative estimate of drug-likeness (QED) is 0.224. The SMILES string of the molecule is C=CN=C(C(C(=C)c1ccc(Cc2ccccc2)cc1)=C(C)C)[C@H](C)C1CCC(NC2CC3CCC(C2)N3C)CC1.CC. The molecule has 2 aromatic rings. The largest absolute Gasteiger partial charge is 0.311 e. The molecule has 0 spiro atoms. The van der Waals surface area contributed by atoms with Crippen molar-refractivity contribution in [3.05, 3.63) is 102 Å². The summed E-state index contributed by atoms with van der Waals surface area (Å²) < 4.78 is 0. The molecule has 3 heteroatoms. The van der Waals surface area contributed by atoms with E-state index in [9.17, 15) is 0 Å². The molecule has 3 atom stereocenters. The second-order valence-electron chi connectivity index (χ2n) is 13.2. The molecule has 3 fully saturated rings. The van der Waals surface area contributed by atoms with Crippen molar-refractivity contribution in [3.63, 3.8) is 0 Å². The summed E-state index contributed by atoms with van der Waals surface area (Å²) in [5, 5.41) is 4.10. The Morgan fingerprint density at radius 3 is 2.02 bits per heavy atom. The van der Waals surface area contributed by atoms with E-state index >= 15 is 0 Å². The molecule has 232 valence electrons. The van der Waals surface area contributed by atoms with Crippen LogP contribution in [0.3, 0.4) is 0 Å². The number of aliphatic imine (C=N–C) groups is 1. The van der Waals surface area contributed by atoms with Crippen LogP contribution in [0.15, 0.2) is 90.1 Å². The first kappa shape index (κ1) is 33.1. The normalized spacial score (nSPS) is 26.2. The summed E-state index contributed by atoms with van der Waals surface area (Å²) in [7, 11) is 2.34. The van der Waals surface area contributed by atoms with E-state index in [4.69, 9.17) is 4.99 Å². The number of hydrogen-bond donors (Lipinski definition) is 1. The Morgan fingerprint density at radius 2 is 1.47 bits per heavy atom. The van der Waals surface area contributed by atoms with Crippen LogP contribution in [0, 0.1) is 11.8 Å². The number of benzene rings is 2. The molecule has 0 amide bonds. The predicted molar refractivity (Wildman–Crippen MR) is 188 cm³/mol. The Labute approximate surface area is 263 Å². The first-order chi connectivity index (χ1) is 20.8. The standard InChI is InChI=1S/C38H51N3.C2H6/c1-7-39-38(28(5)32-17-19-33(20-18-32)40-34-24-35-21-22-36(25-34)41(35)6)37(26(2)3)27(4)31-15-13-30(14-16-31)23-29-11-9-8-10-12-29;1-2/h7-16,28,32-36,40H,1,4,17-25H2,2-3,5-6H3;1-2H3/t28-,32?,33?,34?,35?,36?;/m1./s1. The zero-order valence-electron chi connectivity index (χ0n) is 27.9. The number of piperidine rings is 1. The summed E-state index contributed by atoms with van der Waals surface area (Å²) in [4.78, 5) is 7.57. The van der Waals surface area contributed by atoms with Gasteiger partial charge in [-0.1, -0.05) is 94.1 Å². The van der Waals surface area contributed by atoms with Gasteiger partial charge in [-0.3, -0.25) is 4.99 Å². The molecular weight excluding hydrogens is 522 g/mol. The van der Waals surface area contributed by atoms with Crippen molar-refractivity contribution in [2.24, 2.45) is 16.8 Å². The summed E-state index contributed by atoms with van der Waals surface area (Å²) in [6.45, 7) is 19.4. The van der Waals surface area contributed by atoms with E-state index in [1.165, 1.54) is 79.2 Å². The van der Waals surface area contributed by atoms with E-state index in [0.717, 1.165) is 29.8 Å². The van der Waals surface area contributed by atoms with Crippen LogP contribution in [0.5, 0.6) is 0 Å². The van der Waals surface area contributed by atoms with Crippen LogP contribution in [0.4, 0.5) is 0 Å². The highest BCUT2D eigenvalue weighted by molar-refractivity contribution is 6.14. The van der Waals surface area contributed by atoms with Crippen molar-refractivity contribution < 1.29 is 0 Å². The van der Waals surface area contributed by atoms with Gasteiger partial charge in [0, 0.05) is 41.9 Å². The van der Waals surface area contributed by atoms with Crippen molar-refractivity contribution in [3.8, 4) is 0 Å². The maximum atomic E-state index is 4.93. The van der Waals surface area contributed by atoms with Gasteiger partial charge in [0.1, 0.15) is 0 Å². The molecular formula is C40H57N3. The number of fused-ring (bicyclic) bond motifs is 2. The highest BCUT2D eigenvalue weighted by atomic mass is 15.2. The molecule has 43 heavy (non-hydrogen) atoms. The van der Waals surface area contributed by atoms with Crippen molar-refractivity contribution in [1.82, 2.24) is 10.2 Å². The fourth-order valence-corrected chi connectivity index (χ4v) is 7.91. The van der Waals surface area contributed by atoms with Gasteiger partial charge in [0.25, 0.3) is 0 Å². The average Bonchev–Trinajstić information content (AvgIpc) is 3.22. The van der Waals surface area contributed by atoms with Gasteiger partial charge in [0.2, 0.25) is 0 Å². The third kappa shape index (κ3) is 8.25. The van der Waals surface area contributed by atoms with Gasteiger partial charge < -0.3 is 10.2 Å². The minimum absolute atomic E-state index is 0.368. The lowest BCUT2D eigenvalue weighted by molar-refractivity contribution is 0.134. The first-order valence-electron chi connectivity index (χ1n) is 17.0. The van der Waals surface area contributed by atoms with Crippen molar-refractivity contribution >= 4 is 11.3 Å². The minimum atomic E-state index is 0.368. The molecule has 0 aromatic heterocycles. The molecule has 2 aromatic carbocycles. The van der Waals surface area contributed by atoms with Crippen molar-refractivity contribution in [1.29, 1.82) is 0 Å². The smallest absolute Gasteiger partial charge is 0.0511 e. The summed E-state index contributed by atoms with van der Waals surface area (Å²) in [5.74, 6) is 1.00. The average molecular weight is 580 g/mol. The third-order valence-electron chi connectivity index (χ3n) is 10.3. The Balaban J connectivity index is 0.00000207. The Kier molecular flexibility index (Phi) is 12.2. The topological polar surface area (TPSA) is 27.6 Å². The molecule has 5 rings (SSSR count). The maximum absolute atomic E-state index is 4.93. The van der Waals surface area contributed by atoms with Crippen LogP contribution in [0.25, 0.3) is 5.57 Å². The van der Waals surface area contributed by atoms with Crippen molar-refractivity contribution in [2.45, 2.75) is 117 Å². The Morgan fingerprint density at radius 1 is 0.884 bits per heavy atom. The van der Waals surface area contributed by atoms with Crippen LogP contribution in [-0.4, -0.2) is 41.8 Å². The zero-order valence-corrected chi connectivity index (χ0v) is 27.9. The van der Waals surface area contributed by atoms with Gasteiger partial charge in [-0.25, -0.2) is 0 Å². The molecule has 1 saturated carbocycles. The molecule has 2 unspecified atom stereocenters. The second kappa shape index (κ2) is 15.8. The number of hydrogen-bond acceptors (Lipinski definition) is 3. The first-order valence-corrected chi connectivity index (χ1v) is 17.0. The lowest BCUT2D eigenvalue weighted by atomic mass is 9.74. The third-order valence-corrected chi connectivity index (χ3v) is 10.3. The van der Waals surface area contributed by atoms with Crippen LogP contribution in [-0.2, 0) is 6.42 Å². The number of allylic oxidation sites excluding steroid dienone is 3. The fraction of sp³-hybridized carbons (Fsp3) is 0.525.